The molecule has 1 aromatic rings. The highest BCUT2D eigenvalue weighted by molar-refractivity contribution is 5.95. The van der Waals surface area contributed by atoms with Crippen LogP contribution in [0.3, 0.4) is 0 Å². The molecule has 0 unspecified atom stereocenters. The second-order valence-electron chi connectivity index (χ2n) is 5.28. The van der Waals surface area contributed by atoms with Gasteiger partial charge in [-0.25, -0.2) is 0 Å². The number of benzene rings is 1. The lowest BCUT2D eigenvalue weighted by molar-refractivity contribution is -0.274. The number of hydrogen-bond donors (Lipinski definition) is 1. The van der Waals surface area contributed by atoms with E-state index in [0.717, 1.165) is 31.4 Å². The number of nitriles is 1. The average Bonchev–Trinajstić information content (AvgIpc) is 2.47. The number of amides is 1. The van der Waals surface area contributed by atoms with Crippen LogP contribution in [0.25, 0.3) is 0 Å². The molecule has 0 saturated heterocycles. The van der Waals surface area contributed by atoms with Gasteiger partial charge in [-0.1, -0.05) is 19.3 Å². The normalized spacial score (nSPS) is 17.4. The Morgan fingerprint density at radius 2 is 1.77 bits per heavy atom. The van der Waals surface area contributed by atoms with Gasteiger partial charge in [0, 0.05) is 5.56 Å². The summed E-state index contributed by atoms with van der Waals surface area (Å²) in [5.41, 5.74) is -0.689. The fourth-order valence-corrected chi connectivity index (χ4v) is 2.52. The SMILES string of the molecule is N#CC1(NC(=O)c2ccc(OC(F)(F)F)cc2)CCCCC1. The third-order valence-corrected chi connectivity index (χ3v) is 3.62. The standard InChI is InChI=1S/C15H15F3N2O2/c16-15(17,18)22-12-6-4-11(5-7-12)13(21)20-14(10-19)8-2-1-3-9-14/h4-7H,1-3,8-9H2,(H,20,21). The third-order valence-electron chi connectivity index (χ3n) is 3.62. The molecule has 2 rings (SSSR count). The van der Waals surface area contributed by atoms with Gasteiger partial charge in [0.05, 0.1) is 6.07 Å². The minimum Gasteiger partial charge on any atom is -0.406 e. The molecular weight excluding hydrogens is 297 g/mol. The first-order valence-electron chi connectivity index (χ1n) is 6.93. The molecule has 0 atom stereocenters. The number of carbonyl (C=O) groups excluding carboxylic acids is 1. The second-order valence-corrected chi connectivity index (χ2v) is 5.28. The van der Waals surface area contributed by atoms with E-state index in [1.165, 1.54) is 12.1 Å². The molecule has 0 heterocycles. The number of nitrogens with one attached hydrogen (secondary N) is 1. The molecule has 0 spiro atoms. The predicted octanol–water partition coefficient (Wildman–Crippen LogP) is 3.54. The van der Waals surface area contributed by atoms with E-state index in [4.69, 9.17) is 0 Å². The van der Waals surface area contributed by atoms with Gasteiger partial charge in [-0.15, -0.1) is 13.2 Å². The first-order valence-corrected chi connectivity index (χ1v) is 6.93. The van der Waals surface area contributed by atoms with Gasteiger partial charge in [0.15, 0.2) is 0 Å². The first-order chi connectivity index (χ1) is 10.3. The van der Waals surface area contributed by atoms with E-state index in [2.05, 4.69) is 16.1 Å². The molecule has 4 nitrogen and oxygen atoms in total. The molecule has 118 valence electrons. The third kappa shape index (κ3) is 4.13. The van der Waals surface area contributed by atoms with Crippen LogP contribution in [0.1, 0.15) is 42.5 Å². The van der Waals surface area contributed by atoms with Crippen molar-refractivity contribution in [2.75, 3.05) is 0 Å². The quantitative estimate of drug-likeness (QED) is 0.928. The molecule has 0 aromatic heterocycles. The fraction of sp³-hybridized carbons (Fsp3) is 0.467. The Labute approximate surface area is 125 Å². The summed E-state index contributed by atoms with van der Waals surface area (Å²) in [5, 5.41) is 12.0. The van der Waals surface area contributed by atoms with Gasteiger partial charge in [0.2, 0.25) is 0 Å². The molecule has 0 bridgehead atoms. The highest BCUT2D eigenvalue weighted by Crippen LogP contribution is 2.28. The summed E-state index contributed by atoms with van der Waals surface area (Å²) in [6.07, 6.45) is -0.826. The van der Waals surface area contributed by atoms with Crippen LogP contribution >= 0.6 is 0 Å². The molecule has 1 N–H and O–H groups in total. The molecule has 1 fully saturated rings. The summed E-state index contributed by atoms with van der Waals surface area (Å²) in [6, 6.07) is 6.78. The van der Waals surface area contributed by atoms with E-state index in [-0.39, 0.29) is 5.56 Å². The molecule has 1 aliphatic carbocycles. The van der Waals surface area contributed by atoms with Gasteiger partial charge in [0.25, 0.3) is 5.91 Å². The van der Waals surface area contributed by atoms with Crippen molar-refractivity contribution in [2.24, 2.45) is 0 Å². The summed E-state index contributed by atoms with van der Waals surface area (Å²) < 4.78 is 39.9. The van der Waals surface area contributed by atoms with E-state index in [0.29, 0.717) is 12.8 Å². The van der Waals surface area contributed by atoms with Crippen LogP contribution in [-0.4, -0.2) is 17.8 Å². The number of hydrogen-bond acceptors (Lipinski definition) is 3. The van der Waals surface area contributed by atoms with Crippen molar-refractivity contribution in [3.05, 3.63) is 29.8 Å². The molecule has 0 radical (unpaired) electrons. The first kappa shape index (κ1) is 16.1. The number of ether oxygens (including phenoxy) is 1. The largest absolute Gasteiger partial charge is 0.573 e. The number of nitrogens with zero attached hydrogens (tertiary/aromatic N) is 1. The lowest BCUT2D eigenvalue weighted by Gasteiger charge is -2.31. The second kappa shape index (κ2) is 6.26. The van der Waals surface area contributed by atoms with Crippen molar-refractivity contribution in [1.29, 1.82) is 5.26 Å². The molecule has 1 aromatic carbocycles. The Morgan fingerprint density at radius 1 is 1.18 bits per heavy atom. The van der Waals surface area contributed by atoms with Crippen LogP contribution in [0, 0.1) is 11.3 Å². The van der Waals surface area contributed by atoms with E-state index in [9.17, 15) is 23.2 Å². The van der Waals surface area contributed by atoms with Crippen molar-refractivity contribution >= 4 is 5.91 Å². The van der Waals surface area contributed by atoms with E-state index >= 15 is 0 Å². The van der Waals surface area contributed by atoms with Crippen molar-refractivity contribution in [3.63, 3.8) is 0 Å². The van der Waals surface area contributed by atoms with E-state index < -0.39 is 23.6 Å². The van der Waals surface area contributed by atoms with Crippen LogP contribution in [0.2, 0.25) is 0 Å². The van der Waals surface area contributed by atoms with Crippen LogP contribution in [-0.2, 0) is 0 Å². The summed E-state index contributed by atoms with van der Waals surface area (Å²) in [7, 11) is 0. The number of alkyl halides is 3. The minimum atomic E-state index is -4.77. The fourth-order valence-electron chi connectivity index (χ4n) is 2.52. The van der Waals surface area contributed by atoms with Crippen LogP contribution in [0.15, 0.2) is 24.3 Å². The molecule has 1 saturated carbocycles. The topological polar surface area (TPSA) is 62.1 Å². The number of rotatable bonds is 3. The average molecular weight is 312 g/mol. The molecule has 7 heteroatoms. The van der Waals surface area contributed by atoms with Gasteiger partial charge in [-0.3, -0.25) is 4.79 Å². The smallest absolute Gasteiger partial charge is 0.406 e. The zero-order chi connectivity index (χ0) is 16.2. The lowest BCUT2D eigenvalue weighted by Crippen LogP contribution is -2.48. The van der Waals surface area contributed by atoms with Crippen LogP contribution < -0.4 is 10.1 Å². The van der Waals surface area contributed by atoms with Gasteiger partial charge in [-0.05, 0) is 37.1 Å². The Morgan fingerprint density at radius 3 is 2.27 bits per heavy atom. The van der Waals surface area contributed by atoms with E-state index in [1.54, 1.807) is 0 Å². The summed E-state index contributed by atoms with van der Waals surface area (Å²) >= 11 is 0. The maximum atomic E-state index is 12.1. The Hall–Kier alpha value is -2.23. The molecule has 0 aliphatic heterocycles. The number of carbonyl (C=O) groups is 1. The van der Waals surface area contributed by atoms with Crippen molar-refractivity contribution in [1.82, 2.24) is 5.32 Å². The van der Waals surface area contributed by atoms with Crippen molar-refractivity contribution < 1.29 is 22.7 Å². The summed E-state index contributed by atoms with van der Waals surface area (Å²) in [4.78, 5) is 12.1. The Balaban J connectivity index is 2.05. The molecular formula is C15H15F3N2O2. The van der Waals surface area contributed by atoms with Gasteiger partial charge in [0.1, 0.15) is 11.3 Å². The maximum absolute atomic E-state index is 12.1. The van der Waals surface area contributed by atoms with E-state index in [1.807, 2.05) is 0 Å². The molecule has 1 aliphatic rings. The lowest BCUT2D eigenvalue weighted by atomic mass is 9.82. The zero-order valence-electron chi connectivity index (χ0n) is 11.7. The minimum absolute atomic E-state index is 0.190. The summed E-state index contributed by atoms with van der Waals surface area (Å²) in [5.74, 6) is -0.862. The summed E-state index contributed by atoms with van der Waals surface area (Å²) in [6.45, 7) is 0. The van der Waals surface area contributed by atoms with Gasteiger partial charge >= 0.3 is 6.36 Å². The van der Waals surface area contributed by atoms with Gasteiger partial charge < -0.3 is 10.1 Å². The van der Waals surface area contributed by atoms with Gasteiger partial charge in [-0.2, -0.15) is 5.26 Å². The molecule has 22 heavy (non-hydrogen) atoms. The Kier molecular flexibility index (Phi) is 4.59. The maximum Gasteiger partial charge on any atom is 0.573 e. The number of halogens is 3. The van der Waals surface area contributed by atoms with Crippen LogP contribution in [0.5, 0.6) is 5.75 Å². The molecule has 1 amide bonds. The highest BCUT2D eigenvalue weighted by atomic mass is 19.4. The van der Waals surface area contributed by atoms with Crippen molar-refractivity contribution in [3.8, 4) is 11.8 Å². The highest BCUT2D eigenvalue weighted by Gasteiger charge is 2.34. The predicted molar refractivity (Wildman–Crippen MR) is 72.0 cm³/mol. The zero-order valence-corrected chi connectivity index (χ0v) is 11.7. The van der Waals surface area contributed by atoms with Crippen LogP contribution in [0.4, 0.5) is 13.2 Å². The Bertz CT molecular complexity index is 570. The van der Waals surface area contributed by atoms with Crippen molar-refractivity contribution in [2.45, 2.75) is 44.0 Å². The monoisotopic (exact) mass is 312 g/mol.